The van der Waals surface area contributed by atoms with Crippen LogP contribution in [-0.4, -0.2) is 37.0 Å². The molecule has 0 saturated heterocycles. The van der Waals surface area contributed by atoms with E-state index in [1.807, 2.05) is 0 Å². The maximum atomic E-state index is 13.5. The van der Waals surface area contributed by atoms with Gasteiger partial charge in [0.15, 0.2) is 5.82 Å². The van der Waals surface area contributed by atoms with Gasteiger partial charge in [-0.2, -0.15) is 0 Å². The molecule has 1 aliphatic carbocycles. The number of benzene rings is 1. The topological polar surface area (TPSA) is 70.6 Å². The summed E-state index contributed by atoms with van der Waals surface area (Å²) in [6.45, 7) is 0.666. The fraction of sp³-hybridized carbons (Fsp3) is 0.500. The molecule has 0 heterocycles. The highest BCUT2D eigenvalue weighted by Crippen LogP contribution is 2.28. The number of aliphatic hydroxyl groups is 1. The van der Waals surface area contributed by atoms with Gasteiger partial charge in [0.05, 0.1) is 23.4 Å². The maximum absolute atomic E-state index is 13.5. The summed E-state index contributed by atoms with van der Waals surface area (Å²) < 4.78 is 31.6. The van der Waals surface area contributed by atoms with Crippen LogP contribution < -0.4 is 10.6 Å². The lowest BCUT2D eigenvalue weighted by Crippen LogP contribution is -2.37. The zero-order valence-electron chi connectivity index (χ0n) is 11.7. The van der Waals surface area contributed by atoms with Gasteiger partial charge in [0.2, 0.25) is 0 Å². The van der Waals surface area contributed by atoms with Crippen LogP contribution in [0.25, 0.3) is 0 Å². The molecule has 1 atom stereocenters. The quantitative estimate of drug-likeness (QED) is 0.717. The van der Waals surface area contributed by atoms with Crippen molar-refractivity contribution in [2.75, 3.05) is 25.1 Å². The van der Waals surface area contributed by atoms with E-state index in [2.05, 4.69) is 10.6 Å². The van der Waals surface area contributed by atoms with Gasteiger partial charge < -0.3 is 20.5 Å². The van der Waals surface area contributed by atoms with E-state index in [4.69, 9.17) is 16.3 Å². The summed E-state index contributed by atoms with van der Waals surface area (Å²) in [5, 5.41) is 13.9. The van der Waals surface area contributed by atoms with E-state index in [1.165, 1.54) is 0 Å². The van der Waals surface area contributed by atoms with Crippen LogP contribution in [0.1, 0.15) is 12.8 Å². The Labute approximate surface area is 131 Å². The number of ether oxygens (including phenoxy) is 1. The Morgan fingerprint density at radius 2 is 2.18 bits per heavy atom. The van der Waals surface area contributed by atoms with Crippen molar-refractivity contribution in [3.05, 3.63) is 28.8 Å². The predicted molar refractivity (Wildman–Crippen MR) is 77.9 cm³/mol. The summed E-state index contributed by atoms with van der Waals surface area (Å²) in [6, 6.07) is 0.747. The minimum absolute atomic E-state index is 0.0586. The van der Waals surface area contributed by atoms with Gasteiger partial charge in [-0.3, -0.25) is 0 Å². The highest BCUT2D eigenvalue weighted by Gasteiger charge is 2.21. The molecule has 1 fully saturated rings. The Kier molecular flexibility index (Phi) is 5.93. The van der Waals surface area contributed by atoms with Crippen LogP contribution >= 0.6 is 11.6 Å². The van der Waals surface area contributed by atoms with Crippen molar-refractivity contribution < 1.29 is 23.4 Å². The second-order valence-corrected chi connectivity index (χ2v) is 5.62. The summed E-state index contributed by atoms with van der Waals surface area (Å²) in [5.74, 6) is -1.22. The first-order chi connectivity index (χ1) is 10.5. The van der Waals surface area contributed by atoms with Gasteiger partial charge in [0.1, 0.15) is 5.82 Å². The van der Waals surface area contributed by atoms with Crippen LogP contribution in [0.3, 0.4) is 0 Å². The number of halogens is 3. The van der Waals surface area contributed by atoms with Gasteiger partial charge in [-0.15, -0.1) is 0 Å². The van der Waals surface area contributed by atoms with Gasteiger partial charge in [-0.1, -0.05) is 11.6 Å². The van der Waals surface area contributed by atoms with Crippen molar-refractivity contribution in [1.82, 2.24) is 5.32 Å². The normalized spacial score (nSPS) is 15.5. The van der Waals surface area contributed by atoms with Crippen LogP contribution in [0.2, 0.25) is 5.02 Å². The number of anilines is 1. The fourth-order valence-electron chi connectivity index (χ4n) is 1.74. The molecule has 1 aromatic rings. The molecule has 8 heteroatoms. The summed E-state index contributed by atoms with van der Waals surface area (Å²) in [7, 11) is 0. The lowest BCUT2D eigenvalue weighted by molar-refractivity contribution is 0.0339. The zero-order valence-corrected chi connectivity index (χ0v) is 12.5. The smallest absolute Gasteiger partial charge is 0.319 e. The number of aliphatic hydroxyl groups excluding tert-OH is 1. The number of hydrogen-bond acceptors (Lipinski definition) is 3. The summed E-state index contributed by atoms with van der Waals surface area (Å²) in [6.07, 6.45) is 1.44. The van der Waals surface area contributed by atoms with Crippen molar-refractivity contribution in [3.8, 4) is 0 Å². The van der Waals surface area contributed by atoms with Crippen LogP contribution in [0, 0.1) is 17.6 Å². The van der Waals surface area contributed by atoms with Gasteiger partial charge in [-0.25, -0.2) is 13.6 Å². The van der Waals surface area contributed by atoms with Crippen molar-refractivity contribution in [2.24, 2.45) is 5.92 Å². The van der Waals surface area contributed by atoms with Crippen molar-refractivity contribution >= 4 is 23.3 Å². The van der Waals surface area contributed by atoms with Crippen molar-refractivity contribution in [2.45, 2.75) is 18.9 Å². The lowest BCUT2D eigenvalue weighted by Gasteiger charge is -2.13. The molecule has 0 spiro atoms. The van der Waals surface area contributed by atoms with E-state index in [-0.39, 0.29) is 23.9 Å². The Bertz CT molecular complexity index is 518. The molecule has 2 amide bonds. The second-order valence-electron chi connectivity index (χ2n) is 5.21. The van der Waals surface area contributed by atoms with Gasteiger partial charge in [-0.05, 0) is 24.8 Å². The van der Waals surface area contributed by atoms with E-state index in [1.54, 1.807) is 0 Å². The molecule has 1 aromatic carbocycles. The van der Waals surface area contributed by atoms with E-state index in [0.29, 0.717) is 18.6 Å². The first-order valence-corrected chi connectivity index (χ1v) is 7.28. The monoisotopic (exact) mass is 334 g/mol. The largest absolute Gasteiger partial charge is 0.389 e. The molecule has 1 saturated carbocycles. The Hall–Kier alpha value is -1.44. The highest BCUT2D eigenvalue weighted by atomic mass is 35.5. The zero-order chi connectivity index (χ0) is 16.1. The van der Waals surface area contributed by atoms with Gasteiger partial charge in [0, 0.05) is 19.2 Å². The molecule has 2 rings (SSSR count). The molecule has 0 aliphatic heterocycles. The van der Waals surface area contributed by atoms with E-state index in [9.17, 15) is 18.7 Å². The molecule has 0 bridgehead atoms. The Balaban J connectivity index is 1.72. The fourth-order valence-corrected chi connectivity index (χ4v) is 1.99. The third kappa shape index (κ3) is 5.40. The number of urea groups is 1. The van der Waals surface area contributed by atoms with Crippen LogP contribution in [0.15, 0.2) is 12.1 Å². The molecular formula is C14H17ClF2N2O3. The minimum Gasteiger partial charge on any atom is -0.389 e. The molecule has 1 aliphatic rings. The minimum atomic E-state index is -0.978. The van der Waals surface area contributed by atoms with Crippen LogP contribution in [0.4, 0.5) is 19.3 Å². The molecule has 122 valence electrons. The second kappa shape index (κ2) is 7.71. The first-order valence-electron chi connectivity index (χ1n) is 6.91. The van der Waals surface area contributed by atoms with Crippen LogP contribution in [-0.2, 0) is 4.74 Å². The highest BCUT2D eigenvalue weighted by molar-refractivity contribution is 6.33. The average Bonchev–Trinajstić information content (AvgIpc) is 3.24. The van der Waals surface area contributed by atoms with E-state index >= 15 is 0 Å². The van der Waals surface area contributed by atoms with E-state index in [0.717, 1.165) is 18.9 Å². The Morgan fingerprint density at radius 1 is 1.45 bits per heavy atom. The van der Waals surface area contributed by atoms with Gasteiger partial charge in [0.25, 0.3) is 0 Å². The number of rotatable bonds is 7. The number of amides is 2. The average molecular weight is 335 g/mol. The SMILES string of the molecule is O=C(NCC(O)COCC1CC1)Nc1c(F)cc(F)cc1Cl. The first kappa shape index (κ1) is 16.9. The molecule has 3 N–H and O–H groups in total. The van der Waals surface area contributed by atoms with E-state index < -0.39 is 23.8 Å². The molecule has 1 unspecified atom stereocenters. The molecule has 0 radical (unpaired) electrons. The predicted octanol–water partition coefficient (Wildman–Crippen LogP) is 2.53. The number of hydrogen-bond donors (Lipinski definition) is 3. The molecule has 5 nitrogen and oxygen atoms in total. The third-order valence-corrected chi connectivity index (χ3v) is 3.40. The van der Waals surface area contributed by atoms with Gasteiger partial charge >= 0.3 is 6.03 Å². The summed E-state index contributed by atoms with van der Waals surface area (Å²) in [5.41, 5.74) is -0.319. The third-order valence-electron chi connectivity index (χ3n) is 3.10. The summed E-state index contributed by atoms with van der Waals surface area (Å²) in [4.78, 5) is 11.6. The Morgan fingerprint density at radius 3 is 2.82 bits per heavy atom. The molecular weight excluding hydrogens is 318 g/mol. The van der Waals surface area contributed by atoms with Crippen LogP contribution in [0.5, 0.6) is 0 Å². The molecule has 0 aromatic heterocycles. The standard InChI is InChI=1S/C14H17ClF2N2O3/c15-11-3-9(16)4-12(17)13(11)19-14(21)18-5-10(20)7-22-6-8-1-2-8/h3-4,8,10,20H,1-2,5-7H2,(H2,18,19,21). The number of carbonyl (C=O) groups excluding carboxylic acids is 1. The maximum Gasteiger partial charge on any atom is 0.319 e. The number of carbonyl (C=O) groups is 1. The lowest BCUT2D eigenvalue weighted by atomic mass is 10.3. The molecule has 22 heavy (non-hydrogen) atoms. The summed E-state index contributed by atoms with van der Waals surface area (Å²) >= 11 is 5.65. The van der Waals surface area contributed by atoms with Crippen molar-refractivity contribution in [1.29, 1.82) is 0 Å². The van der Waals surface area contributed by atoms with Crippen molar-refractivity contribution in [3.63, 3.8) is 0 Å². The number of nitrogens with one attached hydrogen (secondary N) is 2.